The molecule has 1 amide bonds. The number of hydrogen-bond donors (Lipinski definition) is 2. The lowest BCUT2D eigenvalue weighted by atomic mass is 10.0. The standard InChI is InChI=1S/C14H18ClNO3S/c1-4-19-13(18)11(14(2,3)20)16-12(17)9-5-7-10(15)8-6-9/h5-8,11,20H,4H2,1-3H3,(H,16,17)/t11-/m1/s1. The first kappa shape index (κ1) is 16.9. The molecule has 0 fully saturated rings. The highest BCUT2D eigenvalue weighted by Gasteiger charge is 2.35. The molecule has 0 aliphatic carbocycles. The second-order valence-electron chi connectivity index (χ2n) is 4.82. The molecule has 4 nitrogen and oxygen atoms in total. The van der Waals surface area contributed by atoms with Crippen LogP contribution in [-0.2, 0) is 9.53 Å². The van der Waals surface area contributed by atoms with Gasteiger partial charge in [0, 0.05) is 15.3 Å². The number of carbonyl (C=O) groups is 2. The van der Waals surface area contributed by atoms with Crippen molar-refractivity contribution >= 4 is 36.1 Å². The molecule has 0 spiro atoms. The van der Waals surface area contributed by atoms with Gasteiger partial charge < -0.3 is 10.1 Å². The molecule has 1 atom stereocenters. The Kier molecular flexibility index (Phi) is 5.89. The largest absolute Gasteiger partial charge is 0.464 e. The summed E-state index contributed by atoms with van der Waals surface area (Å²) in [5.74, 6) is -0.878. The number of esters is 1. The van der Waals surface area contributed by atoms with Crippen molar-refractivity contribution < 1.29 is 14.3 Å². The molecule has 6 heteroatoms. The molecule has 1 aromatic carbocycles. The molecule has 0 aliphatic heterocycles. The molecule has 0 aliphatic rings. The lowest BCUT2D eigenvalue weighted by Gasteiger charge is -2.28. The van der Waals surface area contributed by atoms with E-state index in [0.717, 1.165) is 0 Å². The number of rotatable bonds is 5. The van der Waals surface area contributed by atoms with E-state index >= 15 is 0 Å². The Morgan fingerprint density at radius 1 is 1.35 bits per heavy atom. The number of thiol groups is 1. The molecule has 1 rings (SSSR count). The van der Waals surface area contributed by atoms with Gasteiger partial charge in [-0.2, -0.15) is 12.6 Å². The van der Waals surface area contributed by atoms with Crippen LogP contribution in [0.15, 0.2) is 24.3 Å². The van der Waals surface area contributed by atoms with E-state index in [1.807, 2.05) is 0 Å². The highest BCUT2D eigenvalue weighted by Crippen LogP contribution is 2.19. The maximum absolute atomic E-state index is 12.1. The molecule has 1 aromatic rings. The molecule has 0 saturated carbocycles. The van der Waals surface area contributed by atoms with Crippen LogP contribution in [0.3, 0.4) is 0 Å². The zero-order chi connectivity index (χ0) is 15.3. The van der Waals surface area contributed by atoms with E-state index in [1.54, 1.807) is 45.0 Å². The molecule has 0 aromatic heterocycles. The fourth-order valence-corrected chi connectivity index (χ4v) is 1.86. The zero-order valence-corrected chi connectivity index (χ0v) is 13.3. The first-order valence-electron chi connectivity index (χ1n) is 6.21. The van der Waals surface area contributed by atoms with Gasteiger partial charge in [0.15, 0.2) is 0 Å². The molecule has 0 heterocycles. The van der Waals surface area contributed by atoms with Crippen LogP contribution in [0.5, 0.6) is 0 Å². The van der Waals surface area contributed by atoms with Crippen molar-refractivity contribution in [2.45, 2.75) is 31.6 Å². The smallest absolute Gasteiger partial charge is 0.330 e. The van der Waals surface area contributed by atoms with Gasteiger partial charge in [0.05, 0.1) is 6.61 Å². The van der Waals surface area contributed by atoms with Gasteiger partial charge in [-0.1, -0.05) is 11.6 Å². The number of ether oxygens (including phenoxy) is 1. The summed E-state index contributed by atoms with van der Waals surface area (Å²) in [5, 5.41) is 3.18. The van der Waals surface area contributed by atoms with Gasteiger partial charge in [0.25, 0.3) is 5.91 Å². The molecule has 0 bridgehead atoms. The van der Waals surface area contributed by atoms with Crippen LogP contribution < -0.4 is 5.32 Å². The second kappa shape index (κ2) is 6.99. The minimum Gasteiger partial charge on any atom is -0.464 e. The third-order valence-corrected chi connectivity index (χ3v) is 3.12. The Balaban J connectivity index is 2.87. The summed E-state index contributed by atoms with van der Waals surface area (Å²) in [4.78, 5) is 24.0. The van der Waals surface area contributed by atoms with Gasteiger partial charge in [-0.15, -0.1) is 0 Å². The summed E-state index contributed by atoms with van der Waals surface area (Å²) in [6, 6.07) is 5.56. The van der Waals surface area contributed by atoms with Gasteiger partial charge in [-0.05, 0) is 45.0 Å². The van der Waals surface area contributed by atoms with E-state index < -0.39 is 16.8 Å². The van der Waals surface area contributed by atoms with Crippen LogP contribution in [-0.4, -0.2) is 29.3 Å². The molecular weight excluding hydrogens is 298 g/mol. The summed E-state index contributed by atoms with van der Waals surface area (Å²) >= 11 is 10.1. The Morgan fingerprint density at radius 3 is 2.35 bits per heavy atom. The number of benzene rings is 1. The lowest BCUT2D eigenvalue weighted by molar-refractivity contribution is -0.146. The van der Waals surface area contributed by atoms with Crippen molar-refractivity contribution in [1.29, 1.82) is 0 Å². The number of halogens is 1. The Hall–Kier alpha value is -1.20. The third kappa shape index (κ3) is 4.72. The number of amides is 1. The first-order chi connectivity index (χ1) is 9.25. The van der Waals surface area contributed by atoms with E-state index in [1.165, 1.54) is 0 Å². The van der Waals surface area contributed by atoms with Gasteiger partial charge in [-0.25, -0.2) is 4.79 Å². The molecule has 110 valence electrons. The summed E-state index contributed by atoms with van der Waals surface area (Å²) < 4.78 is 4.22. The first-order valence-corrected chi connectivity index (χ1v) is 7.03. The molecule has 1 N–H and O–H groups in total. The molecule has 0 saturated heterocycles. The van der Waals surface area contributed by atoms with Crippen LogP contribution in [0.2, 0.25) is 5.02 Å². The summed E-state index contributed by atoms with van der Waals surface area (Å²) in [5.41, 5.74) is 0.418. The van der Waals surface area contributed by atoms with Gasteiger partial charge in [0.1, 0.15) is 6.04 Å². The topological polar surface area (TPSA) is 55.4 Å². The van der Waals surface area contributed by atoms with Gasteiger partial charge >= 0.3 is 5.97 Å². The van der Waals surface area contributed by atoms with E-state index in [2.05, 4.69) is 17.9 Å². The molecular formula is C14H18ClNO3S. The number of nitrogens with one attached hydrogen (secondary N) is 1. The highest BCUT2D eigenvalue weighted by atomic mass is 35.5. The summed E-state index contributed by atoms with van der Waals surface area (Å²) in [6.45, 7) is 5.43. The van der Waals surface area contributed by atoms with Crippen LogP contribution >= 0.6 is 24.2 Å². The molecule has 20 heavy (non-hydrogen) atoms. The maximum atomic E-state index is 12.1. The number of carbonyl (C=O) groups excluding carboxylic acids is 2. The van der Waals surface area contributed by atoms with Crippen LogP contribution in [0, 0.1) is 0 Å². The minimum absolute atomic E-state index is 0.246. The molecule has 0 radical (unpaired) electrons. The zero-order valence-electron chi connectivity index (χ0n) is 11.6. The van der Waals surface area contributed by atoms with E-state index in [-0.39, 0.29) is 12.5 Å². The summed E-state index contributed by atoms with van der Waals surface area (Å²) in [6.07, 6.45) is 0. The average molecular weight is 316 g/mol. The average Bonchev–Trinajstić information content (AvgIpc) is 2.35. The van der Waals surface area contributed by atoms with Crippen molar-refractivity contribution in [3.8, 4) is 0 Å². The maximum Gasteiger partial charge on any atom is 0.330 e. The molecule has 0 unspecified atom stereocenters. The fourth-order valence-electron chi connectivity index (χ4n) is 1.57. The highest BCUT2D eigenvalue weighted by molar-refractivity contribution is 7.81. The Morgan fingerprint density at radius 2 is 1.90 bits per heavy atom. The second-order valence-corrected chi connectivity index (χ2v) is 6.41. The van der Waals surface area contributed by atoms with Crippen molar-refractivity contribution in [3.63, 3.8) is 0 Å². The normalized spacial score (nSPS) is 12.7. The van der Waals surface area contributed by atoms with Crippen molar-refractivity contribution in [2.24, 2.45) is 0 Å². The predicted molar refractivity (Wildman–Crippen MR) is 82.4 cm³/mol. The fraction of sp³-hybridized carbons (Fsp3) is 0.429. The lowest BCUT2D eigenvalue weighted by Crippen LogP contribution is -2.52. The Labute approximate surface area is 129 Å². The third-order valence-electron chi connectivity index (χ3n) is 2.61. The van der Waals surface area contributed by atoms with E-state index in [9.17, 15) is 9.59 Å². The van der Waals surface area contributed by atoms with E-state index in [4.69, 9.17) is 16.3 Å². The van der Waals surface area contributed by atoms with Crippen LogP contribution in [0.25, 0.3) is 0 Å². The van der Waals surface area contributed by atoms with Gasteiger partial charge in [-0.3, -0.25) is 4.79 Å². The summed E-state index contributed by atoms with van der Waals surface area (Å²) in [7, 11) is 0. The van der Waals surface area contributed by atoms with Gasteiger partial charge in [0.2, 0.25) is 0 Å². The van der Waals surface area contributed by atoms with Crippen LogP contribution in [0.1, 0.15) is 31.1 Å². The minimum atomic E-state index is -0.839. The van der Waals surface area contributed by atoms with Crippen molar-refractivity contribution in [3.05, 3.63) is 34.9 Å². The number of hydrogen-bond acceptors (Lipinski definition) is 4. The Bertz CT molecular complexity index is 482. The van der Waals surface area contributed by atoms with Crippen LogP contribution in [0.4, 0.5) is 0 Å². The van der Waals surface area contributed by atoms with Crippen molar-refractivity contribution in [2.75, 3.05) is 6.61 Å². The quantitative estimate of drug-likeness (QED) is 0.649. The monoisotopic (exact) mass is 315 g/mol. The van der Waals surface area contributed by atoms with Crippen molar-refractivity contribution in [1.82, 2.24) is 5.32 Å². The predicted octanol–water partition coefficient (Wildman–Crippen LogP) is 2.71. The SMILES string of the molecule is CCOC(=O)[C@@H](NC(=O)c1ccc(Cl)cc1)C(C)(C)S. The van der Waals surface area contributed by atoms with E-state index in [0.29, 0.717) is 10.6 Å².